The van der Waals surface area contributed by atoms with Crippen LogP contribution in [0, 0.1) is 6.92 Å². The molecule has 2 N–H and O–H groups in total. The highest BCUT2D eigenvalue weighted by atomic mass is 16.5. The smallest absolute Gasteiger partial charge is 0.288 e. The minimum absolute atomic E-state index is 0.121. The van der Waals surface area contributed by atoms with E-state index in [2.05, 4.69) is 25.5 Å². The van der Waals surface area contributed by atoms with Crippen LogP contribution in [0.3, 0.4) is 0 Å². The number of hydrogen-bond acceptors (Lipinski definition) is 7. The standard InChI is InChI=1S/C31H25N7O4/c1-19-27-29(37(35-19)22-11-7-4-8-12-22)33-25(34-31(27)41)18-26(39)38-28(21-9-5-3-6-10-21)32-24(30(40)36-38)17-20-13-15-23(42-2)16-14-20/h3-17H,18H2,1-2H3,(H,36,40)(H,33,34,41)/b24-17+. The van der Waals surface area contributed by atoms with Gasteiger partial charge >= 0.3 is 0 Å². The molecular formula is C31H25N7O4. The molecule has 0 radical (unpaired) electrons. The van der Waals surface area contributed by atoms with Crippen LogP contribution in [0.15, 0.2) is 100 Å². The molecule has 3 heterocycles. The van der Waals surface area contributed by atoms with E-state index < -0.39 is 17.4 Å². The number of hydrazine groups is 1. The maximum Gasteiger partial charge on any atom is 0.288 e. The quantitative estimate of drug-likeness (QED) is 0.307. The van der Waals surface area contributed by atoms with Gasteiger partial charge in [-0.15, -0.1) is 0 Å². The van der Waals surface area contributed by atoms with Crippen molar-refractivity contribution in [2.75, 3.05) is 7.11 Å². The topological polar surface area (TPSA) is 135 Å². The summed E-state index contributed by atoms with van der Waals surface area (Å²) in [6.07, 6.45) is 1.31. The molecular weight excluding hydrogens is 534 g/mol. The number of aromatic amines is 1. The van der Waals surface area contributed by atoms with Gasteiger partial charge in [-0.25, -0.2) is 19.7 Å². The van der Waals surface area contributed by atoms with Gasteiger partial charge < -0.3 is 9.72 Å². The Labute approximate surface area is 239 Å². The summed E-state index contributed by atoms with van der Waals surface area (Å²) in [5.74, 6) is -0.0698. The van der Waals surface area contributed by atoms with Gasteiger partial charge in [0.15, 0.2) is 11.5 Å². The highest BCUT2D eigenvalue weighted by Crippen LogP contribution is 2.20. The number of aliphatic imine (C=N–C) groups is 1. The van der Waals surface area contributed by atoms with Crippen molar-refractivity contribution in [2.45, 2.75) is 13.3 Å². The van der Waals surface area contributed by atoms with Crippen molar-refractivity contribution in [3.8, 4) is 11.4 Å². The first-order chi connectivity index (χ1) is 20.4. The number of fused-ring (bicyclic) bond motifs is 1. The molecule has 6 rings (SSSR count). The van der Waals surface area contributed by atoms with Crippen LogP contribution in [0.5, 0.6) is 5.75 Å². The number of aromatic nitrogens is 4. The fourth-order valence-corrected chi connectivity index (χ4v) is 4.63. The number of rotatable bonds is 6. The molecule has 42 heavy (non-hydrogen) atoms. The molecule has 11 heteroatoms. The van der Waals surface area contributed by atoms with Crippen LogP contribution >= 0.6 is 0 Å². The van der Waals surface area contributed by atoms with Crippen LogP contribution in [-0.2, 0) is 16.0 Å². The maximum absolute atomic E-state index is 13.7. The van der Waals surface area contributed by atoms with Gasteiger partial charge in [-0.1, -0.05) is 60.7 Å². The Morgan fingerprint density at radius 2 is 1.64 bits per heavy atom. The van der Waals surface area contributed by atoms with E-state index in [1.165, 1.54) is 0 Å². The van der Waals surface area contributed by atoms with Crippen molar-refractivity contribution in [3.05, 3.63) is 124 Å². The van der Waals surface area contributed by atoms with Gasteiger partial charge in [0, 0.05) is 5.56 Å². The summed E-state index contributed by atoms with van der Waals surface area (Å²) in [4.78, 5) is 51.7. The van der Waals surface area contributed by atoms with Gasteiger partial charge in [0.05, 0.1) is 24.9 Å². The van der Waals surface area contributed by atoms with Gasteiger partial charge in [-0.3, -0.25) is 19.8 Å². The summed E-state index contributed by atoms with van der Waals surface area (Å²) in [5, 5.41) is 5.92. The van der Waals surface area contributed by atoms with Crippen LogP contribution < -0.4 is 15.7 Å². The average Bonchev–Trinajstić information content (AvgIpc) is 3.35. The first kappa shape index (κ1) is 26.4. The maximum atomic E-state index is 13.7. The lowest BCUT2D eigenvalue weighted by molar-refractivity contribution is -0.135. The van der Waals surface area contributed by atoms with Crippen molar-refractivity contribution < 1.29 is 14.3 Å². The Morgan fingerprint density at radius 3 is 2.33 bits per heavy atom. The van der Waals surface area contributed by atoms with Crippen LogP contribution in [0.4, 0.5) is 0 Å². The minimum atomic E-state index is -0.562. The molecule has 0 aliphatic carbocycles. The number of carbonyl (C=O) groups excluding carboxylic acids is 2. The lowest BCUT2D eigenvalue weighted by atomic mass is 10.1. The first-order valence-corrected chi connectivity index (χ1v) is 13.1. The third kappa shape index (κ3) is 5.06. The second-order valence-electron chi connectivity index (χ2n) is 9.50. The van der Waals surface area contributed by atoms with Crippen LogP contribution in [0.1, 0.15) is 22.6 Å². The van der Waals surface area contributed by atoms with Crippen molar-refractivity contribution in [1.82, 2.24) is 30.2 Å². The predicted molar refractivity (Wildman–Crippen MR) is 157 cm³/mol. The molecule has 0 atom stereocenters. The number of nitrogens with zero attached hydrogens (tertiary/aromatic N) is 5. The zero-order valence-electron chi connectivity index (χ0n) is 22.7. The summed E-state index contributed by atoms with van der Waals surface area (Å²) in [5.41, 5.74) is 5.28. The molecule has 0 saturated heterocycles. The van der Waals surface area contributed by atoms with Crippen molar-refractivity contribution in [3.63, 3.8) is 0 Å². The first-order valence-electron chi connectivity index (χ1n) is 13.1. The summed E-state index contributed by atoms with van der Waals surface area (Å²) < 4.78 is 6.77. The molecule has 11 nitrogen and oxygen atoms in total. The Kier molecular flexibility index (Phi) is 6.89. The summed E-state index contributed by atoms with van der Waals surface area (Å²) in [6.45, 7) is 1.73. The van der Waals surface area contributed by atoms with Gasteiger partial charge in [0.25, 0.3) is 17.4 Å². The minimum Gasteiger partial charge on any atom is -0.497 e. The van der Waals surface area contributed by atoms with Crippen LogP contribution in [-0.4, -0.2) is 49.5 Å². The number of hydrogen-bond donors (Lipinski definition) is 2. The summed E-state index contributed by atoms with van der Waals surface area (Å²) >= 11 is 0. The molecule has 0 unspecified atom stereocenters. The number of aryl methyl sites for hydroxylation is 1. The Hall–Kier alpha value is -5.84. The van der Waals surface area contributed by atoms with Gasteiger partial charge in [0.2, 0.25) is 0 Å². The molecule has 1 aliphatic heterocycles. The van der Waals surface area contributed by atoms with E-state index in [1.807, 2.05) is 48.5 Å². The Bertz CT molecular complexity index is 1930. The number of amides is 2. The van der Waals surface area contributed by atoms with E-state index in [-0.39, 0.29) is 23.8 Å². The fraction of sp³-hybridized carbons (Fsp3) is 0.0968. The van der Waals surface area contributed by atoms with Crippen LogP contribution in [0.25, 0.3) is 22.8 Å². The zero-order chi connectivity index (χ0) is 29.2. The van der Waals surface area contributed by atoms with Crippen molar-refractivity contribution in [2.24, 2.45) is 4.99 Å². The summed E-state index contributed by atoms with van der Waals surface area (Å²) in [6, 6.07) is 25.5. The molecule has 0 saturated carbocycles. The normalized spacial score (nSPS) is 14.1. The zero-order valence-corrected chi connectivity index (χ0v) is 22.7. The Balaban J connectivity index is 1.36. The third-order valence-electron chi connectivity index (χ3n) is 6.67. The van der Waals surface area contributed by atoms with Crippen molar-refractivity contribution >= 4 is 34.8 Å². The third-order valence-corrected chi connectivity index (χ3v) is 6.67. The van der Waals surface area contributed by atoms with E-state index >= 15 is 0 Å². The number of para-hydroxylation sites is 1. The average molecular weight is 560 g/mol. The molecule has 1 aliphatic rings. The SMILES string of the molecule is COc1ccc(/C=C2/N=C(c3ccccc3)N(C(=O)Cc3nc4c(c(C)nn4-c4ccccc4)c(=O)[nH]3)NC2=O)cc1. The van der Waals surface area contributed by atoms with E-state index in [4.69, 9.17) is 4.74 Å². The number of benzene rings is 3. The van der Waals surface area contributed by atoms with E-state index in [1.54, 1.807) is 61.2 Å². The number of nitrogens with one attached hydrogen (secondary N) is 2. The molecule has 2 aromatic heterocycles. The fourth-order valence-electron chi connectivity index (χ4n) is 4.63. The second kappa shape index (κ2) is 11.0. The van der Waals surface area contributed by atoms with Gasteiger partial charge in [-0.05, 0) is 42.8 Å². The monoisotopic (exact) mass is 559 g/mol. The number of carbonyl (C=O) groups is 2. The highest BCUT2D eigenvalue weighted by molar-refractivity contribution is 6.15. The molecule has 2 amide bonds. The number of H-pyrrole nitrogens is 1. The molecule has 0 bridgehead atoms. The number of amidine groups is 1. The summed E-state index contributed by atoms with van der Waals surface area (Å²) in [7, 11) is 1.58. The molecule has 0 spiro atoms. The highest BCUT2D eigenvalue weighted by Gasteiger charge is 2.30. The molecule has 208 valence electrons. The largest absolute Gasteiger partial charge is 0.497 e. The van der Waals surface area contributed by atoms with E-state index in [9.17, 15) is 14.4 Å². The number of methoxy groups -OCH3 is 1. The van der Waals surface area contributed by atoms with Gasteiger partial charge in [-0.2, -0.15) is 5.10 Å². The molecule has 5 aromatic rings. The second-order valence-corrected chi connectivity index (χ2v) is 9.50. The van der Waals surface area contributed by atoms with E-state index in [0.717, 1.165) is 16.3 Å². The lowest BCUT2D eigenvalue weighted by Gasteiger charge is -2.28. The predicted octanol–water partition coefficient (Wildman–Crippen LogP) is 3.33. The molecule has 0 fully saturated rings. The molecule has 3 aromatic carbocycles. The lowest BCUT2D eigenvalue weighted by Crippen LogP contribution is -2.54. The number of ether oxygens (including phenoxy) is 1. The van der Waals surface area contributed by atoms with Crippen molar-refractivity contribution in [1.29, 1.82) is 0 Å². The van der Waals surface area contributed by atoms with E-state index in [0.29, 0.717) is 28.0 Å². The Morgan fingerprint density at radius 1 is 0.952 bits per heavy atom. The van der Waals surface area contributed by atoms with Gasteiger partial charge in [0.1, 0.15) is 22.7 Å². The van der Waals surface area contributed by atoms with Crippen LogP contribution in [0.2, 0.25) is 0 Å².